The smallest absolute Gasteiger partial charge is 0.343 e. The fourth-order valence-corrected chi connectivity index (χ4v) is 1.42. The number of methoxy groups -OCH3 is 1. The van der Waals surface area contributed by atoms with Gasteiger partial charge in [0.25, 0.3) is 0 Å². The van der Waals surface area contributed by atoms with Crippen LogP contribution in [-0.4, -0.2) is 18.2 Å². The second kappa shape index (κ2) is 3.85. The Kier molecular flexibility index (Phi) is 3.01. The van der Waals surface area contributed by atoms with Crippen LogP contribution in [0.4, 0.5) is 0 Å². The summed E-state index contributed by atoms with van der Waals surface area (Å²) >= 11 is 11.2. The van der Waals surface area contributed by atoms with Crippen LogP contribution in [0.15, 0.2) is 12.1 Å². The molecule has 0 radical (unpaired) electrons. The van der Waals surface area contributed by atoms with Gasteiger partial charge in [-0.15, -0.1) is 0 Å². The van der Waals surface area contributed by atoms with Gasteiger partial charge >= 0.3 is 5.97 Å². The predicted molar refractivity (Wildman–Crippen MR) is 49.5 cm³/mol. The summed E-state index contributed by atoms with van der Waals surface area (Å²) in [7, 11) is 1.20. The average molecular weight is 221 g/mol. The van der Waals surface area contributed by atoms with Crippen molar-refractivity contribution >= 4 is 29.2 Å². The molecule has 0 saturated heterocycles. The number of halogens is 2. The van der Waals surface area contributed by atoms with Crippen LogP contribution in [0.2, 0.25) is 10.0 Å². The van der Waals surface area contributed by atoms with Gasteiger partial charge in [0, 0.05) is 5.02 Å². The zero-order chi connectivity index (χ0) is 10.0. The van der Waals surface area contributed by atoms with E-state index in [1.807, 2.05) is 0 Å². The van der Waals surface area contributed by atoms with Crippen molar-refractivity contribution in [3.8, 4) is 5.75 Å². The summed E-state index contributed by atoms with van der Waals surface area (Å²) in [4.78, 5) is 11.1. The first-order valence-electron chi connectivity index (χ1n) is 3.32. The molecular formula is C8H6Cl2O3. The van der Waals surface area contributed by atoms with E-state index in [2.05, 4.69) is 4.74 Å². The van der Waals surface area contributed by atoms with Gasteiger partial charge in [0.15, 0.2) is 0 Å². The summed E-state index contributed by atoms with van der Waals surface area (Å²) in [5.74, 6) is -0.983. The minimum Gasteiger partial charge on any atom is -0.507 e. The highest BCUT2D eigenvalue weighted by atomic mass is 35.5. The van der Waals surface area contributed by atoms with Crippen LogP contribution in [-0.2, 0) is 4.74 Å². The lowest BCUT2D eigenvalue weighted by atomic mass is 10.2. The summed E-state index contributed by atoms with van der Waals surface area (Å²) < 4.78 is 4.41. The number of carbonyl (C=O) groups is 1. The van der Waals surface area contributed by atoms with Crippen molar-refractivity contribution in [1.82, 2.24) is 0 Å². The number of hydrogen-bond acceptors (Lipinski definition) is 3. The molecule has 0 aliphatic carbocycles. The lowest BCUT2D eigenvalue weighted by Gasteiger charge is -2.04. The lowest BCUT2D eigenvalue weighted by molar-refractivity contribution is 0.0597. The molecule has 5 heteroatoms. The molecule has 0 unspecified atom stereocenters. The van der Waals surface area contributed by atoms with Crippen molar-refractivity contribution in [2.24, 2.45) is 0 Å². The SMILES string of the molecule is COC(=O)c1c(O)cc(Cl)cc1Cl. The zero-order valence-corrected chi connectivity index (χ0v) is 8.19. The van der Waals surface area contributed by atoms with Crippen LogP contribution in [0, 0.1) is 0 Å². The minimum absolute atomic E-state index is 0.0665. The fourth-order valence-electron chi connectivity index (χ4n) is 0.864. The Morgan fingerprint density at radius 3 is 2.54 bits per heavy atom. The molecule has 0 bridgehead atoms. The fraction of sp³-hybridized carbons (Fsp3) is 0.125. The molecule has 0 spiro atoms. The molecule has 13 heavy (non-hydrogen) atoms. The van der Waals surface area contributed by atoms with Crippen molar-refractivity contribution < 1.29 is 14.6 Å². The van der Waals surface area contributed by atoms with Crippen LogP contribution < -0.4 is 0 Å². The maximum absolute atomic E-state index is 11.1. The van der Waals surface area contributed by atoms with Crippen molar-refractivity contribution in [3.63, 3.8) is 0 Å². The summed E-state index contributed by atoms with van der Waals surface area (Å²) in [6, 6.07) is 2.58. The van der Waals surface area contributed by atoms with Crippen molar-refractivity contribution in [2.45, 2.75) is 0 Å². The average Bonchev–Trinajstić information content (AvgIpc) is 2.02. The van der Waals surface area contributed by atoms with Gasteiger partial charge in [-0.2, -0.15) is 0 Å². The highest BCUT2D eigenvalue weighted by Gasteiger charge is 2.16. The largest absolute Gasteiger partial charge is 0.507 e. The standard InChI is InChI=1S/C8H6Cl2O3/c1-13-8(12)7-5(10)2-4(9)3-6(7)11/h2-3,11H,1H3. The Morgan fingerprint density at radius 2 is 2.08 bits per heavy atom. The Bertz CT molecular complexity index is 326. The van der Waals surface area contributed by atoms with E-state index in [4.69, 9.17) is 23.2 Å². The van der Waals surface area contributed by atoms with Gasteiger partial charge in [-0.25, -0.2) is 4.79 Å². The third kappa shape index (κ3) is 2.05. The van der Waals surface area contributed by atoms with E-state index in [1.54, 1.807) is 0 Å². The molecule has 70 valence electrons. The normalized spacial score (nSPS) is 9.77. The van der Waals surface area contributed by atoms with E-state index in [0.29, 0.717) is 0 Å². The molecule has 0 aliphatic rings. The van der Waals surface area contributed by atoms with E-state index >= 15 is 0 Å². The van der Waals surface area contributed by atoms with Crippen LogP contribution >= 0.6 is 23.2 Å². The van der Waals surface area contributed by atoms with Gasteiger partial charge in [-0.3, -0.25) is 0 Å². The predicted octanol–water partition coefficient (Wildman–Crippen LogP) is 2.49. The van der Waals surface area contributed by atoms with E-state index in [-0.39, 0.29) is 21.4 Å². The molecular weight excluding hydrogens is 215 g/mol. The van der Waals surface area contributed by atoms with E-state index in [1.165, 1.54) is 19.2 Å². The van der Waals surface area contributed by atoms with Crippen LogP contribution in [0.25, 0.3) is 0 Å². The first-order valence-corrected chi connectivity index (χ1v) is 4.08. The van der Waals surface area contributed by atoms with E-state index in [9.17, 15) is 9.90 Å². The number of benzene rings is 1. The molecule has 1 N–H and O–H groups in total. The van der Waals surface area contributed by atoms with Crippen LogP contribution in [0.5, 0.6) is 5.75 Å². The quantitative estimate of drug-likeness (QED) is 0.741. The molecule has 1 rings (SSSR count). The van der Waals surface area contributed by atoms with Crippen molar-refractivity contribution in [2.75, 3.05) is 7.11 Å². The molecule has 1 aromatic rings. The topological polar surface area (TPSA) is 46.5 Å². The number of ether oxygens (including phenoxy) is 1. The van der Waals surface area contributed by atoms with Gasteiger partial charge in [0.1, 0.15) is 11.3 Å². The van der Waals surface area contributed by atoms with Gasteiger partial charge in [-0.05, 0) is 12.1 Å². The van der Waals surface area contributed by atoms with E-state index in [0.717, 1.165) is 0 Å². The Balaban J connectivity index is 3.28. The Labute approximate surface area is 84.8 Å². The van der Waals surface area contributed by atoms with Crippen LogP contribution in [0.3, 0.4) is 0 Å². The molecule has 0 heterocycles. The number of rotatable bonds is 1. The van der Waals surface area contributed by atoms with Gasteiger partial charge < -0.3 is 9.84 Å². The second-order valence-corrected chi connectivity index (χ2v) is 3.12. The summed E-state index contributed by atoms with van der Waals surface area (Å²) in [5.41, 5.74) is -0.0754. The molecule has 1 aromatic carbocycles. The molecule has 0 atom stereocenters. The molecule has 3 nitrogen and oxygen atoms in total. The van der Waals surface area contributed by atoms with Crippen LogP contribution in [0.1, 0.15) is 10.4 Å². The second-order valence-electron chi connectivity index (χ2n) is 2.27. The Hall–Kier alpha value is -0.930. The maximum Gasteiger partial charge on any atom is 0.343 e. The van der Waals surface area contributed by atoms with Gasteiger partial charge in [-0.1, -0.05) is 23.2 Å². The van der Waals surface area contributed by atoms with Gasteiger partial charge in [0.2, 0.25) is 0 Å². The summed E-state index contributed by atoms with van der Waals surface area (Å²) in [5, 5.41) is 9.63. The molecule has 0 aliphatic heterocycles. The first kappa shape index (κ1) is 10.2. The minimum atomic E-state index is -0.695. The zero-order valence-electron chi connectivity index (χ0n) is 6.67. The molecule has 0 saturated carbocycles. The monoisotopic (exact) mass is 220 g/mol. The highest BCUT2D eigenvalue weighted by Crippen LogP contribution is 2.30. The number of aromatic hydroxyl groups is 1. The number of esters is 1. The number of hydrogen-bond donors (Lipinski definition) is 1. The Morgan fingerprint density at radius 1 is 1.46 bits per heavy atom. The highest BCUT2D eigenvalue weighted by molar-refractivity contribution is 6.37. The third-order valence-corrected chi connectivity index (χ3v) is 1.94. The molecule has 0 amide bonds. The summed E-state index contributed by atoms with van der Waals surface area (Å²) in [6.45, 7) is 0. The summed E-state index contributed by atoms with van der Waals surface area (Å²) in [6.07, 6.45) is 0. The lowest BCUT2D eigenvalue weighted by Crippen LogP contribution is -2.02. The first-order chi connectivity index (χ1) is 6.06. The van der Waals surface area contributed by atoms with Crippen molar-refractivity contribution in [1.29, 1.82) is 0 Å². The van der Waals surface area contributed by atoms with E-state index < -0.39 is 5.97 Å². The third-order valence-electron chi connectivity index (χ3n) is 1.42. The number of phenols is 1. The maximum atomic E-state index is 11.1. The molecule has 0 fully saturated rings. The number of phenolic OH excluding ortho intramolecular Hbond substituents is 1. The molecule has 0 aromatic heterocycles. The van der Waals surface area contributed by atoms with Gasteiger partial charge in [0.05, 0.1) is 12.1 Å². The van der Waals surface area contributed by atoms with Crippen molar-refractivity contribution in [3.05, 3.63) is 27.7 Å². The number of carbonyl (C=O) groups excluding carboxylic acids is 1.